The summed E-state index contributed by atoms with van der Waals surface area (Å²) in [7, 11) is 0. The molecule has 1 aliphatic carbocycles. The summed E-state index contributed by atoms with van der Waals surface area (Å²) in [5, 5.41) is 0. The number of likely N-dealkylation sites (tertiary alicyclic amines) is 1. The lowest BCUT2D eigenvalue weighted by molar-refractivity contribution is 0.0690. The number of ether oxygens (including phenoxy) is 1. The van der Waals surface area contributed by atoms with E-state index in [4.69, 9.17) is 10.5 Å². The fourth-order valence-electron chi connectivity index (χ4n) is 4.09. The van der Waals surface area contributed by atoms with Gasteiger partial charge in [0.1, 0.15) is 6.61 Å². The Morgan fingerprint density at radius 2 is 1.78 bits per heavy atom. The quantitative estimate of drug-likeness (QED) is 0.927. The van der Waals surface area contributed by atoms with Gasteiger partial charge in [0.05, 0.1) is 0 Å². The molecule has 0 unspecified atom stereocenters. The molecule has 2 aliphatic rings. The minimum absolute atomic E-state index is 0.180. The van der Waals surface area contributed by atoms with Crippen molar-refractivity contribution in [2.75, 3.05) is 13.1 Å². The summed E-state index contributed by atoms with van der Waals surface area (Å²) in [6.07, 6.45) is 6.99. The summed E-state index contributed by atoms with van der Waals surface area (Å²) in [5.41, 5.74) is 7.34. The Kier molecular flexibility index (Phi) is 5.55. The molecule has 0 bridgehead atoms. The van der Waals surface area contributed by atoms with Crippen molar-refractivity contribution in [2.45, 2.75) is 51.2 Å². The van der Waals surface area contributed by atoms with E-state index in [-0.39, 0.29) is 6.09 Å². The van der Waals surface area contributed by atoms with Gasteiger partial charge in [-0.3, -0.25) is 0 Å². The molecule has 0 radical (unpaired) electrons. The highest BCUT2D eigenvalue weighted by atomic mass is 16.6. The summed E-state index contributed by atoms with van der Waals surface area (Å²) in [6.45, 7) is 1.97. The van der Waals surface area contributed by atoms with Crippen molar-refractivity contribution in [3.05, 3.63) is 35.9 Å². The first-order valence-electron chi connectivity index (χ1n) is 8.95. The fraction of sp³-hybridized carbons (Fsp3) is 0.632. The van der Waals surface area contributed by atoms with Gasteiger partial charge in [0.2, 0.25) is 0 Å². The first kappa shape index (κ1) is 16.3. The topological polar surface area (TPSA) is 55.6 Å². The van der Waals surface area contributed by atoms with Crippen LogP contribution in [0.25, 0.3) is 0 Å². The largest absolute Gasteiger partial charge is 0.445 e. The van der Waals surface area contributed by atoms with Crippen molar-refractivity contribution in [1.29, 1.82) is 0 Å². The van der Waals surface area contributed by atoms with Gasteiger partial charge < -0.3 is 15.4 Å². The van der Waals surface area contributed by atoms with Crippen LogP contribution in [-0.2, 0) is 11.3 Å². The number of rotatable bonds is 3. The van der Waals surface area contributed by atoms with E-state index < -0.39 is 0 Å². The third kappa shape index (κ3) is 4.25. The highest BCUT2D eigenvalue weighted by Gasteiger charge is 2.33. The van der Waals surface area contributed by atoms with Gasteiger partial charge in [0.15, 0.2) is 0 Å². The molecule has 4 heteroatoms. The molecular formula is C19H28N2O2. The minimum Gasteiger partial charge on any atom is -0.445 e. The molecule has 1 saturated carbocycles. The van der Waals surface area contributed by atoms with Crippen LogP contribution in [0.2, 0.25) is 0 Å². The summed E-state index contributed by atoms with van der Waals surface area (Å²) in [5.74, 6) is 1.34. The van der Waals surface area contributed by atoms with Crippen LogP contribution in [0.1, 0.15) is 44.1 Å². The van der Waals surface area contributed by atoms with Gasteiger partial charge in [-0.15, -0.1) is 0 Å². The fourth-order valence-corrected chi connectivity index (χ4v) is 4.09. The number of benzene rings is 1. The normalized spacial score (nSPS) is 26.0. The summed E-state index contributed by atoms with van der Waals surface area (Å²) in [4.78, 5) is 14.1. The van der Waals surface area contributed by atoms with E-state index in [1.165, 1.54) is 25.7 Å². The number of carbonyl (C=O) groups is 1. The van der Waals surface area contributed by atoms with Gasteiger partial charge in [0.25, 0.3) is 0 Å². The Morgan fingerprint density at radius 3 is 2.48 bits per heavy atom. The molecule has 1 amide bonds. The molecule has 2 fully saturated rings. The molecule has 1 aromatic rings. The number of nitrogens with two attached hydrogens (primary N) is 1. The van der Waals surface area contributed by atoms with Crippen molar-refractivity contribution in [3.63, 3.8) is 0 Å². The summed E-state index contributed by atoms with van der Waals surface area (Å²) < 4.78 is 5.43. The van der Waals surface area contributed by atoms with Gasteiger partial charge >= 0.3 is 6.09 Å². The molecule has 3 rings (SSSR count). The molecule has 1 heterocycles. The number of piperidine rings is 1. The molecule has 1 aromatic carbocycles. The Bertz CT molecular complexity index is 497. The van der Waals surface area contributed by atoms with Crippen LogP contribution in [0.4, 0.5) is 4.79 Å². The average molecular weight is 316 g/mol. The number of carbonyl (C=O) groups excluding carboxylic acids is 1. The highest BCUT2D eigenvalue weighted by molar-refractivity contribution is 5.67. The zero-order chi connectivity index (χ0) is 16.1. The first-order valence-corrected chi connectivity index (χ1v) is 8.95. The molecular weight excluding hydrogens is 288 g/mol. The smallest absolute Gasteiger partial charge is 0.410 e. The molecule has 2 N–H and O–H groups in total. The van der Waals surface area contributed by atoms with E-state index in [2.05, 4.69) is 0 Å². The van der Waals surface area contributed by atoms with Crippen LogP contribution in [0.5, 0.6) is 0 Å². The van der Waals surface area contributed by atoms with Gasteiger partial charge in [-0.05, 0) is 43.1 Å². The van der Waals surface area contributed by atoms with Crippen LogP contribution >= 0.6 is 0 Å². The van der Waals surface area contributed by atoms with E-state index >= 15 is 0 Å². The van der Waals surface area contributed by atoms with Crippen LogP contribution in [0.15, 0.2) is 30.3 Å². The third-order valence-corrected chi connectivity index (χ3v) is 5.48. The first-order chi connectivity index (χ1) is 11.2. The minimum atomic E-state index is -0.180. The molecule has 1 saturated heterocycles. The van der Waals surface area contributed by atoms with Crippen LogP contribution in [-0.4, -0.2) is 30.1 Å². The van der Waals surface area contributed by atoms with Crippen LogP contribution < -0.4 is 5.73 Å². The molecule has 4 nitrogen and oxygen atoms in total. The highest BCUT2D eigenvalue weighted by Crippen LogP contribution is 2.35. The zero-order valence-corrected chi connectivity index (χ0v) is 13.8. The third-order valence-electron chi connectivity index (χ3n) is 5.48. The summed E-state index contributed by atoms with van der Waals surface area (Å²) in [6, 6.07) is 10.2. The van der Waals surface area contributed by atoms with Crippen molar-refractivity contribution in [2.24, 2.45) is 17.6 Å². The number of hydrogen-bond donors (Lipinski definition) is 1. The van der Waals surface area contributed by atoms with E-state index in [1.54, 1.807) is 0 Å². The van der Waals surface area contributed by atoms with Gasteiger partial charge in [-0.2, -0.15) is 0 Å². The maximum atomic E-state index is 12.2. The average Bonchev–Trinajstić information content (AvgIpc) is 2.61. The SMILES string of the molecule is N[C@H]1CCCC[C@H]1C1CCN(C(=O)OCc2ccccc2)CC1. The zero-order valence-electron chi connectivity index (χ0n) is 13.8. The Labute approximate surface area is 139 Å². The molecule has 126 valence electrons. The standard InChI is InChI=1S/C19H28N2O2/c20-18-9-5-4-8-17(18)16-10-12-21(13-11-16)19(22)23-14-15-6-2-1-3-7-15/h1-3,6-7,16-18H,4-5,8-14,20H2/t17-,18-/m0/s1. The molecule has 0 spiro atoms. The van der Waals surface area contributed by atoms with E-state index in [9.17, 15) is 4.79 Å². The lowest BCUT2D eigenvalue weighted by atomic mass is 9.73. The lowest BCUT2D eigenvalue weighted by Gasteiger charge is -2.40. The lowest BCUT2D eigenvalue weighted by Crippen LogP contribution is -2.44. The molecule has 0 aromatic heterocycles. The monoisotopic (exact) mass is 316 g/mol. The van der Waals surface area contributed by atoms with Crippen molar-refractivity contribution in [3.8, 4) is 0 Å². The van der Waals surface area contributed by atoms with E-state index in [1.807, 2.05) is 35.2 Å². The van der Waals surface area contributed by atoms with Crippen LogP contribution in [0.3, 0.4) is 0 Å². The maximum absolute atomic E-state index is 12.2. The molecule has 2 atom stereocenters. The second-order valence-corrected chi connectivity index (χ2v) is 6.98. The molecule has 1 aliphatic heterocycles. The Morgan fingerprint density at radius 1 is 1.09 bits per heavy atom. The number of nitrogens with zero attached hydrogens (tertiary/aromatic N) is 1. The van der Waals surface area contributed by atoms with Gasteiger partial charge in [0, 0.05) is 19.1 Å². The van der Waals surface area contributed by atoms with E-state index in [0.29, 0.717) is 24.5 Å². The predicted octanol–water partition coefficient (Wildman–Crippen LogP) is 3.55. The predicted molar refractivity (Wildman–Crippen MR) is 90.9 cm³/mol. The second-order valence-electron chi connectivity index (χ2n) is 6.98. The van der Waals surface area contributed by atoms with Crippen molar-refractivity contribution >= 4 is 6.09 Å². The number of hydrogen-bond acceptors (Lipinski definition) is 3. The second kappa shape index (κ2) is 7.82. The van der Waals surface area contributed by atoms with Gasteiger partial charge in [-0.25, -0.2) is 4.79 Å². The van der Waals surface area contributed by atoms with Gasteiger partial charge in [-0.1, -0.05) is 43.2 Å². The van der Waals surface area contributed by atoms with E-state index in [0.717, 1.165) is 31.5 Å². The van der Waals surface area contributed by atoms with Crippen molar-refractivity contribution in [1.82, 2.24) is 4.90 Å². The Hall–Kier alpha value is -1.55. The maximum Gasteiger partial charge on any atom is 0.410 e. The summed E-state index contributed by atoms with van der Waals surface area (Å²) >= 11 is 0. The number of amides is 1. The van der Waals surface area contributed by atoms with Crippen molar-refractivity contribution < 1.29 is 9.53 Å². The molecule has 23 heavy (non-hydrogen) atoms. The Balaban J connectivity index is 1.44. The van der Waals surface area contributed by atoms with Crippen LogP contribution in [0, 0.1) is 11.8 Å².